The second kappa shape index (κ2) is 7.72. The van der Waals surface area contributed by atoms with Gasteiger partial charge in [0, 0.05) is 0 Å². The van der Waals surface area contributed by atoms with E-state index in [1.807, 2.05) is 6.07 Å². The van der Waals surface area contributed by atoms with Gasteiger partial charge in [0.15, 0.2) is 0 Å². The third-order valence-corrected chi connectivity index (χ3v) is 2.84. The summed E-state index contributed by atoms with van der Waals surface area (Å²) in [6.07, 6.45) is 1.53. The second-order valence-electron chi connectivity index (χ2n) is 4.03. The first-order chi connectivity index (χ1) is 10.1. The van der Waals surface area contributed by atoms with Crippen LogP contribution in [0.2, 0.25) is 0 Å². The average molecular weight is 323 g/mol. The van der Waals surface area contributed by atoms with Gasteiger partial charge in [-0.05, 0) is 42.5 Å². The van der Waals surface area contributed by atoms with E-state index < -0.39 is 5.97 Å². The van der Waals surface area contributed by atoms with Crippen LogP contribution in [0.25, 0.3) is 0 Å². The molecule has 0 aliphatic heterocycles. The van der Waals surface area contributed by atoms with E-state index in [0.29, 0.717) is 17.1 Å². The van der Waals surface area contributed by atoms with E-state index in [1.54, 1.807) is 48.5 Å². The first kappa shape index (κ1) is 15.4. The zero-order valence-electron chi connectivity index (χ0n) is 11.0. The summed E-state index contributed by atoms with van der Waals surface area (Å²) < 4.78 is 10.8. The van der Waals surface area contributed by atoms with Gasteiger partial charge in [-0.15, -0.1) is 0 Å². The fourth-order valence-corrected chi connectivity index (χ4v) is 1.67. The quantitative estimate of drug-likeness (QED) is 0.596. The molecule has 0 radical (unpaired) electrons. The van der Waals surface area contributed by atoms with Gasteiger partial charge in [0.1, 0.15) is 22.6 Å². The van der Waals surface area contributed by atoms with Crippen molar-refractivity contribution in [3.8, 4) is 11.5 Å². The van der Waals surface area contributed by atoms with Crippen molar-refractivity contribution in [3.63, 3.8) is 0 Å². The molecule has 0 amide bonds. The highest BCUT2D eigenvalue weighted by molar-refractivity contribution is 6.55. The van der Waals surface area contributed by atoms with Crippen LogP contribution < -0.4 is 9.47 Å². The highest BCUT2D eigenvalue weighted by Gasteiger charge is 2.07. The highest BCUT2D eigenvalue weighted by Crippen LogP contribution is 2.19. The number of benzene rings is 2. The molecule has 0 spiro atoms. The van der Waals surface area contributed by atoms with Crippen LogP contribution in [-0.2, 0) is 0 Å². The van der Waals surface area contributed by atoms with Crippen molar-refractivity contribution in [1.29, 1.82) is 0 Å². The maximum absolute atomic E-state index is 11.9. The number of ether oxygens (including phenoxy) is 2. The predicted molar refractivity (Wildman–Crippen MR) is 83.1 cm³/mol. The second-order valence-corrected chi connectivity index (χ2v) is 5.04. The molecule has 3 nitrogen and oxygen atoms in total. The number of rotatable bonds is 5. The number of hydrogen-bond acceptors (Lipinski definition) is 3. The van der Waals surface area contributed by atoms with Crippen molar-refractivity contribution >= 4 is 29.2 Å². The zero-order chi connectivity index (χ0) is 15.1. The molecular weight excluding hydrogens is 311 g/mol. The molecule has 0 aromatic heterocycles. The number of hydrogen-bond donors (Lipinski definition) is 0. The van der Waals surface area contributed by atoms with Crippen LogP contribution >= 0.6 is 23.2 Å². The number of carbonyl (C=O) groups excluding carboxylic acids is 1. The van der Waals surface area contributed by atoms with E-state index in [0.717, 1.165) is 0 Å². The van der Waals surface area contributed by atoms with Gasteiger partial charge < -0.3 is 9.47 Å². The molecule has 0 bridgehead atoms. The lowest BCUT2D eigenvalue weighted by atomic mass is 10.2. The van der Waals surface area contributed by atoms with Gasteiger partial charge in [0.2, 0.25) is 0 Å². The Bertz CT molecular complexity index is 618. The Morgan fingerprint density at radius 2 is 1.57 bits per heavy atom. The summed E-state index contributed by atoms with van der Waals surface area (Å²) in [4.78, 5) is 11.9. The fraction of sp³-hybridized carbons (Fsp3) is 0.0625. The Labute approximate surface area is 132 Å². The van der Waals surface area contributed by atoms with E-state index in [1.165, 1.54) is 6.08 Å². The average Bonchev–Trinajstić information content (AvgIpc) is 2.49. The molecule has 0 saturated carbocycles. The Balaban J connectivity index is 1.93. The summed E-state index contributed by atoms with van der Waals surface area (Å²) in [5.41, 5.74) is 0.500. The van der Waals surface area contributed by atoms with Crippen molar-refractivity contribution in [3.05, 3.63) is 70.7 Å². The first-order valence-corrected chi connectivity index (χ1v) is 6.92. The van der Waals surface area contributed by atoms with Crippen LogP contribution in [0.3, 0.4) is 0 Å². The Morgan fingerprint density at radius 1 is 0.952 bits per heavy atom. The van der Waals surface area contributed by atoms with Crippen molar-refractivity contribution in [1.82, 2.24) is 0 Å². The molecule has 0 fully saturated rings. The van der Waals surface area contributed by atoms with Gasteiger partial charge in [0.25, 0.3) is 0 Å². The molecule has 21 heavy (non-hydrogen) atoms. The van der Waals surface area contributed by atoms with E-state index in [9.17, 15) is 4.79 Å². The first-order valence-electron chi connectivity index (χ1n) is 6.16. The van der Waals surface area contributed by atoms with Crippen molar-refractivity contribution in [2.24, 2.45) is 0 Å². The Hall–Kier alpha value is -1.97. The van der Waals surface area contributed by atoms with Crippen molar-refractivity contribution in [2.45, 2.75) is 0 Å². The molecular formula is C16H12Cl2O3. The summed E-state index contributed by atoms with van der Waals surface area (Å²) >= 11 is 10.9. The molecule has 0 heterocycles. The fourth-order valence-electron chi connectivity index (χ4n) is 1.54. The molecule has 108 valence electrons. The molecule has 5 heteroatoms. The lowest BCUT2D eigenvalue weighted by molar-refractivity contribution is 0.0734. The lowest BCUT2D eigenvalue weighted by Crippen LogP contribution is -2.07. The van der Waals surface area contributed by atoms with Crippen molar-refractivity contribution in [2.75, 3.05) is 6.61 Å². The minimum absolute atomic E-state index is 0.156. The summed E-state index contributed by atoms with van der Waals surface area (Å²) in [5.74, 6) is 0.670. The predicted octanol–water partition coefficient (Wildman–Crippen LogP) is 4.60. The molecule has 0 aliphatic rings. The highest BCUT2D eigenvalue weighted by atomic mass is 35.5. The van der Waals surface area contributed by atoms with Gasteiger partial charge in [-0.3, -0.25) is 0 Å². The monoisotopic (exact) mass is 322 g/mol. The Morgan fingerprint density at radius 3 is 2.19 bits per heavy atom. The molecule has 0 saturated heterocycles. The van der Waals surface area contributed by atoms with Gasteiger partial charge >= 0.3 is 5.97 Å². The van der Waals surface area contributed by atoms with Gasteiger partial charge in [0.05, 0.1) is 5.56 Å². The third-order valence-electron chi connectivity index (χ3n) is 2.53. The van der Waals surface area contributed by atoms with Crippen LogP contribution in [-0.4, -0.2) is 12.6 Å². The summed E-state index contributed by atoms with van der Waals surface area (Å²) in [6.45, 7) is 0.269. The minimum Gasteiger partial charge on any atom is -0.489 e. The summed E-state index contributed by atoms with van der Waals surface area (Å²) in [7, 11) is 0. The van der Waals surface area contributed by atoms with Crippen LogP contribution in [0.5, 0.6) is 11.5 Å². The maximum atomic E-state index is 11.9. The smallest absolute Gasteiger partial charge is 0.343 e. The summed E-state index contributed by atoms with van der Waals surface area (Å²) in [5, 5.41) is 0. The van der Waals surface area contributed by atoms with E-state index in [2.05, 4.69) is 0 Å². The van der Waals surface area contributed by atoms with Crippen LogP contribution in [0.1, 0.15) is 10.4 Å². The molecule has 0 N–H and O–H groups in total. The molecule has 0 atom stereocenters. The SMILES string of the molecule is O=C(Oc1ccc(OCC=C(Cl)Cl)cc1)c1ccccc1. The van der Waals surface area contributed by atoms with Gasteiger partial charge in [-0.25, -0.2) is 4.79 Å². The normalized spacial score (nSPS) is 9.81. The third kappa shape index (κ3) is 5.14. The van der Waals surface area contributed by atoms with E-state index in [4.69, 9.17) is 32.7 Å². The standard InChI is InChI=1S/C16H12Cl2O3/c17-15(18)10-11-20-13-6-8-14(9-7-13)21-16(19)12-4-2-1-3-5-12/h1-10H,11H2. The van der Waals surface area contributed by atoms with Crippen LogP contribution in [0.15, 0.2) is 65.2 Å². The largest absolute Gasteiger partial charge is 0.489 e. The van der Waals surface area contributed by atoms with Crippen LogP contribution in [0.4, 0.5) is 0 Å². The van der Waals surface area contributed by atoms with E-state index in [-0.39, 0.29) is 11.1 Å². The molecule has 2 rings (SSSR count). The van der Waals surface area contributed by atoms with E-state index >= 15 is 0 Å². The topological polar surface area (TPSA) is 35.5 Å². The zero-order valence-corrected chi connectivity index (χ0v) is 12.5. The van der Waals surface area contributed by atoms with Gasteiger partial charge in [-0.2, -0.15) is 0 Å². The molecule has 0 aliphatic carbocycles. The van der Waals surface area contributed by atoms with Gasteiger partial charge in [-0.1, -0.05) is 41.4 Å². The molecule has 0 unspecified atom stereocenters. The minimum atomic E-state index is -0.402. The molecule has 2 aromatic rings. The number of esters is 1. The molecule has 2 aromatic carbocycles. The Kier molecular flexibility index (Phi) is 5.67. The lowest BCUT2D eigenvalue weighted by Gasteiger charge is -2.06. The van der Waals surface area contributed by atoms with Crippen LogP contribution in [0, 0.1) is 0 Å². The van der Waals surface area contributed by atoms with Crippen molar-refractivity contribution < 1.29 is 14.3 Å². The summed E-state index contributed by atoms with van der Waals surface area (Å²) in [6, 6.07) is 15.5. The number of carbonyl (C=O) groups is 1. The number of halogens is 2. The maximum Gasteiger partial charge on any atom is 0.343 e.